The molecule has 1 aliphatic carbocycles. The predicted octanol–water partition coefficient (Wildman–Crippen LogP) is 4.92. The van der Waals surface area contributed by atoms with Crippen LogP contribution < -0.4 is 0 Å². The average molecular weight is 215 g/mol. The van der Waals surface area contributed by atoms with Gasteiger partial charge in [0.1, 0.15) is 0 Å². The van der Waals surface area contributed by atoms with Crippen LogP contribution in [0.15, 0.2) is 11.6 Å². The lowest BCUT2D eigenvalue weighted by molar-refractivity contribution is 0.433. The molecule has 1 rings (SSSR count). The van der Waals surface area contributed by atoms with Crippen molar-refractivity contribution in [3.8, 4) is 0 Å². The monoisotopic (exact) mass is 214 g/mol. The lowest BCUT2D eigenvalue weighted by Gasteiger charge is -2.17. The van der Waals surface area contributed by atoms with E-state index in [1.165, 1.54) is 50.5 Å². The molecular formula is C13H23Cl. The Balaban J connectivity index is 2.42. The highest BCUT2D eigenvalue weighted by molar-refractivity contribution is 6.19. The maximum Gasteiger partial charge on any atom is 0.0433 e. The molecule has 1 heteroatoms. The number of rotatable bonds is 3. The molecule has 0 heterocycles. The summed E-state index contributed by atoms with van der Waals surface area (Å²) in [6, 6.07) is 0. The van der Waals surface area contributed by atoms with E-state index in [0.717, 1.165) is 18.2 Å². The third kappa shape index (κ3) is 4.50. The van der Waals surface area contributed by atoms with Gasteiger partial charge in [0.2, 0.25) is 0 Å². The van der Waals surface area contributed by atoms with Crippen molar-refractivity contribution < 1.29 is 0 Å². The molecule has 0 amide bonds. The van der Waals surface area contributed by atoms with Gasteiger partial charge in [-0.1, -0.05) is 50.7 Å². The lowest BCUT2D eigenvalue weighted by Crippen LogP contribution is -2.02. The fourth-order valence-corrected chi connectivity index (χ4v) is 2.52. The van der Waals surface area contributed by atoms with Crippen LogP contribution in [0, 0.1) is 5.92 Å². The molecule has 0 nitrogen and oxygen atoms in total. The summed E-state index contributed by atoms with van der Waals surface area (Å²) in [5.74, 6) is 1.55. The van der Waals surface area contributed by atoms with Gasteiger partial charge >= 0.3 is 0 Å². The minimum Gasteiger partial charge on any atom is -0.122 e. The fourth-order valence-electron chi connectivity index (χ4n) is 2.24. The van der Waals surface area contributed by atoms with Crippen LogP contribution in [0.4, 0.5) is 0 Å². The van der Waals surface area contributed by atoms with Gasteiger partial charge in [-0.05, 0) is 25.2 Å². The third-order valence-electron chi connectivity index (χ3n) is 3.25. The summed E-state index contributed by atoms with van der Waals surface area (Å²) in [5, 5.41) is 0. The second-order valence-electron chi connectivity index (χ2n) is 4.42. The fraction of sp³-hybridized carbons (Fsp3) is 0.846. The van der Waals surface area contributed by atoms with Crippen LogP contribution in [0.1, 0.15) is 58.3 Å². The molecule has 0 radical (unpaired) electrons. The molecule has 14 heavy (non-hydrogen) atoms. The van der Waals surface area contributed by atoms with Crippen molar-refractivity contribution in [3.63, 3.8) is 0 Å². The van der Waals surface area contributed by atoms with Crippen LogP contribution in [-0.2, 0) is 0 Å². The molecule has 0 N–H and O–H groups in total. The molecule has 1 saturated carbocycles. The number of alkyl halides is 1. The smallest absolute Gasteiger partial charge is 0.0433 e. The summed E-state index contributed by atoms with van der Waals surface area (Å²) in [6.07, 6.45) is 13.5. The highest BCUT2D eigenvalue weighted by atomic mass is 35.5. The summed E-state index contributed by atoms with van der Waals surface area (Å²) < 4.78 is 0. The van der Waals surface area contributed by atoms with Crippen LogP contribution in [0.3, 0.4) is 0 Å². The molecule has 1 aliphatic rings. The van der Waals surface area contributed by atoms with Gasteiger partial charge in [-0.15, -0.1) is 11.6 Å². The second-order valence-corrected chi connectivity index (χ2v) is 4.68. The van der Waals surface area contributed by atoms with Crippen molar-refractivity contribution in [2.24, 2.45) is 5.92 Å². The summed E-state index contributed by atoms with van der Waals surface area (Å²) in [7, 11) is 0. The van der Waals surface area contributed by atoms with Gasteiger partial charge in [0.05, 0.1) is 0 Å². The Morgan fingerprint density at radius 2 is 1.71 bits per heavy atom. The Morgan fingerprint density at radius 1 is 1.14 bits per heavy atom. The van der Waals surface area contributed by atoms with E-state index in [1.807, 2.05) is 0 Å². The van der Waals surface area contributed by atoms with E-state index in [1.54, 1.807) is 0 Å². The zero-order valence-corrected chi connectivity index (χ0v) is 10.2. The van der Waals surface area contributed by atoms with Crippen molar-refractivity contribution in [1.29, 1.82) is 0 Å². The molecule has 1 fully saturated rings. The van der Waals surface area contributed by atoms with Crippen LogP contribution in [-0.4, -0.2) is 5.88 Å². The highest BCUT2D eigenvalue weighted by Crippen LogP contribution is 2.24. The van der Waals surface area contributed by atoms with Gasteiger partial charge in [0.25, 0.3) is 0 Å². The number of halogens is 1. The van der Waals surface area contributed by atoms with Gasteiger partial charge in [-0.3, -0.25) is 0 Å². The quantitative estimate of drug-likeness (QED) is 0.462. The van der Waals surface area contributed by atoms with E-state index >= 15 is 0 Å². The van der Waals surface area contributed by atoms with Gasteiger partial charge in [0, 0.05) is 5.88 Å². The standard InChI is InChI=1S/C13H23Cl/c1-2-12(11-14)10-13-8-6-4-3-5-7-9-13/h10,13H,2-9,11H2,1H3/b12-10+. The topological polar surface area (TPSA) is 0 Å². The van der Waals surface area contributed by atoms with Crippen molar-refractivity contribution in [2.75, 3.05) is 5.88 Å². The molecule has 0 atom stereocenters. The minimum atomic E-state index is 0.729. The second kappa shape index (κ2) is 7.34. The molecule has 0 aromatic rings. The first kappa shape index (κ1) is 12.1. The molecule has 0 aromatic heterocycles. The van der Waals surface area contributed by atoms with Crippen molar-refractivity contribution in [3.05, 3.63) is 11.6 Å². The largest absolute Gasteiger partial charge is 0.122 e. The Morgan fingerprint density at radius 3 is 2.21 bits per heavy atom. The Kier molecular flexibility index (Phi) is 6.34. The predicted molar refractivity (Wildman–Crippen MR) is 64.9 cm³/mol. The average Bonchev–Trinajstić information content (AvgIpc) is 2.16. The van der Waals surface area contributed by atoms with Gasteiger partial charge in [-0.2, -0.15) is 0 Å². The third-order valence-corrected chi connectivity index (χ3v) is 3.59. The van der Waals surface area contributed by atoms with E-state index in [9.17, 15) is 0 Å². The molecule has 0 spiro atoms. The molecule has 0 aromatic carbocycles. The summed E-state index contributed by atoms with van der Waals surface area (Å²) in [6.45, 7) is 2.21. The van der Waals surface area contributed by atoms with Gasteiger partial charge in [-0.25, -0.2) is 0 Å². The van der Waals surface area contributed by atoms with Crippen molar-refractivity contribution in [2.45, 2.75) is 58.3 Å². The van der Waals surface area contributed by atoms with Crippen LogP contribution in [0.25, 0.3) is 0 Å². The minimum absolute atomic E-state index is 0.729. The summed E-state index contributed by atoms with van der Waals surface area (Å²) >= 11 is 5.89. The summed E-state index contributed by atoms with van der Waals surface area (Å²) in [5.41, 5.74) is 1.44. The normalized spacial score (nSPS) is 21.7. The molecular weight excluding hydrogens is 192 g/mol. The van der Waals surface area contributed by atoms with Crippen LogP contribution in [0.5, 0.6) is 0 Å². The first-order chi connectivity index (χ1) is 6.86. The number of hydrogen-bond acceptors (Lipinski definition) is 0. The zero-order valence-electron chi connectivity index (χ0n) is 9.40. The van der Waals surface area contributed by atoms with E-state index < -0.39 is 0 Å². The highest BCUT2D eigenvalue weighted by Gasteiger charge is 2.09. The molecule has 0 bridgehead atoms. The van der Waals surface area contributed by atoms with E-state index in [0.29, 0.717) is 0 Å². The lowest BCUT2D eigenvalue weighted by atomic mass is 9.89. The Hall–Kier alpha value is 0.0300. The first-order valence-corrected chi connectivity index (χ1v) is 6.65. The van der Waals surface area contributed by atoms with Crippen LogP contribution >= 0.6 is 11.6 Å². The molecule has 0 unspecified atom stereocenters. The number of hydrogen-bond donors (Lipinski definition) is 0. The van der Waals surface area contributed by atoms with E-state index in [4.69, 9.17) is 11.6 Å². The Labute approximate surface area is 93.7 Å². The van der Waals surface area contributed by atoms with Crippen molar-refractivity contribution >= 4 is 11.6 Å². The maximum absolute atomic E-state index is 5.89. The Bertz CT molecular complexity index is 158. The summed E-state index contributed by atoms with van der Waals surface area (Å²) in [4.78, 5) is 0. The van der Waals surface area contributed by atoms with E-state index in [2.05, 4.69) is 13.0 Å². The number of allylic oxidation sites excluding steroid dienone is 2. The molecule has 82 valence electrons. The van der Waals surface area contributed by atoms with Crippen LogP contribution in [0.2, 0.25) is 0 Å². The van der Waals surface area contributed by atoms with Crippen molar-refractivity contribution in [1.82, 2.24) is 0 Å². The first-order valence-electron chi connectivity index (χ1n) is 6.12. The van der Waals surface area contributed by atoms with E-state index in [-0.39, 0.29) is 0 Å². The molecule has 0 saturated heterocycles. The van der Waals surface area contributed by atoms with Gasteiger partial charge < -0.3 is 0 Å². The zero-order chi connectivity index (χ0) is 10.2. The molecule has 0 aliphatic heterocycles. The SMILES string of the molecule is CC/C(=C\C1CCCCCCC1)CCl. The maximum atomic E-state index is 5.89. The van der Waals surface area contributed by atoms with Gasteiger partial charge in [0.15, 0.2) is 0 Å².